The van der Waals surface area contributed by atoms with Gasteiger partial charge in [0.2, 0.25) is 0 Å². The molecule has 0 saturated carbocycles. The Balaban J connectivity index is 1.80. The number of phenolic OH excluding ortho intramolecular Hbond substituents is 1. The summed E-state index contributed by atoms with van der Waals surface area (Å²) in [6.45, 7) is 0.342. The first kappa shape index (κ1) is 15.1. The summed E-state index contributed by atoms with van der Waals surface area (Å²) in [7, 11) is 1.52. The Labute approximate surface area is 149 Å². The van der Waals surface area contributed by atoms with Crippen LogP contribution in [-0.2, 0) is 16.0 Å². The fourth-order valence-corrected chi connectivity index (χ4v) is 4.19. The number of rotatable bonds is 2. The average molecular weight is 347 g/mol. The molecular weight excluding hydrogens is 330 g/mol. The SMILES string of the molecule is COc1ccc(C2C3=C(COC3=O)Cc3ccc4cc[nH]c4c32)cc1O. The van der Waals surface area contributed by atoms with Gasteiger partial charge in [0, 0.05) is 17.6 Å². The van der Waals surface area contributed by atoms with E-state index < -0.39 is 0 Å². The predicted molar refractivity (Wildman–Crippen MR) is 96.5 cm³/mol. The number of nitrogens with one attached hydrogen (secondary N) is 1. The third kappa shape index (κ3) is 2.00. The van der Waals surface area contributed by atoms with Gasteiger partial charge >= 0.3 is 5.97 Å². The van der Waals surface area contributed by atoms with Crippen molar-refractivity contribution in [1.29, 1.82) is 0 Å². The quantitative estimate of drug-likeness (QED) is 0.697. The molecule has 1 aliphatic carbocycles. The maximum absolute atomic E-state index is 12.5. The lowest BCUT2D eigenvalue weighted by Gasteiger charge is -2.27. The van der Waals surface area contributed by atoms with Crippen LogP contribution in [0.25, 0.3) is 10.9 Å². The second kappa shape index (κ2) is 5.39. The molecule has 0 saturated heterocycles. The van der Waals surface area contributed by atoms with Crippen LogP contribution in [0.3, 0.4) is 0 Å². The number of aromatic amines is 1. The third-order valence-corrected chi connectivity index (χ3v) is 5.35. The minimum atomic E-state index is -0.275. The number of methoxy groups -OCH3 is 1. The zero-order chi connectivity index (χ0) is 17.8. The van der Waals surface area contributed by atoms with E-state index in [0.717, 1.165) is 27.6 Å². The van der Waals surface area contributed by atoms with E-state index in [2.05, 4.69) is 17.1 Å². The topological polar surface area (TPSA) is 71.5 Å². The van der Waals surface area contributed by atoms with E-state index in [4.69, 9.17) is 9.47 Å². The van der Waals surface area contributed by atoms with Crippen LogP contribution >= 0.6 is 0 Å². The fraction of sp³-hybridized carbons (Fsp3) is 0.190. The second-order valence-corrected chi connectivity index (χ2v) is 6.71. The van der Waals surface area contributed by atoms with Gasteiger partial charge in [0.25, 0.3) is 0 Å². The average Bonchev–Trinajstić information content (AvgIpc) is 3.26. The largest absolute Gasteiger partial charge is 0.504 e. The number of benzene rings is 2. The van der Waals surface area contributed by atoms with Crippen molar-refractivity contribution in [2.45, 2.75) is 12.3 Å². The number of H-pyrrole nitrogens is 1. The molecule has 1 aliphatic heterocycles. The minimum Gasteiger partial charge on any atom is -0.504 e. The molecule has 0 radical (unpaired) electrons. The van der Waals surface area contributed by atoms with Crippen LogP contribution in [0.2, 0.25) is 0 Å². The lowest BCUT2D eigenvalue weighted by atomic mass is 9.74. The predicted octanol–water partition coefficient (Wildman–Crippen LogP) is 3.42. The molecule has 2 N–H and O–H groups in total. The van der Waals surface area contributed by atoms with Gasteiger partial charge in [-0.2, -0.15) is 0 Å². The van der Waals surface area contributed by atoms with E-state index >= 15 is 0 Å². The first-order chi connectivity index (χ1) is 12.7. The van der Waals surface area contributed by atoms with Gasteiger partial charge in [0.15, 0.2) is 11.5 Å². The number of carbonyl (C=O) groups is 1. The highest BCUT2D eigenvalue weighted by molar-refractivity contribution is 5.98. The molecule has 0 amide bonds. The zero-order valence-electron chi connectivity index (χ0n) is 14.2. The van der Waals surface area contributed by atoms with Crippen LogP contribution < -0.4 is 4.74 Å². The Morgan fingerprint density at radius 2 is 2.12 bits per heavy atom. The van der Waals surface area contributed by atoms with Gasteiger partial charge in [-0.1, -0.05) is 18.2 Å². The molecule has 130 valence electrons. The molecular formula is C21H17NO4. The molecule has 0 fully saturated rings. The number of aromatic hydroxyl groups is 1. The van der Waals surface area contributed by atoms with Crippen LogP contribution in [0.1, 0.15) is 22.6 Å². The van der Waals surface area contributed by atoms with Crippen molar-refractivity contribution in [3.8, 4) is 11.5 Å². The number of ether oxygens (including phenoxy) is 2. The summed E-state index contributed by atoms with van der Waals surface area (Å²) in [6.07, 6.45) is 2.62. The highest BCUT2D eigenvalue weighted by atomic mass is 16.5. The molecule has 1 atom stereocenters. The smallest absolute Gasteiger partial charge is 0.335 e. The number of esters is 1. The third-order valence-electron chi connectivity index (χ3n) is 5.35. The highest BCUT2D eigenvalue weighted by Gasteiger charge is 2.39. The van der Waals surface area contributed by atoms with Crippen LogP contribution in [0.15, 0.2) is 53.7 Å². The van der Waals surface area contributed by atoms with Crippen molar-refractivity contribution in [1.82, 2.24) is 4.98 Å². The first-order valence-electron chi connectivity index (χ1n) is 8.52. The summed E-state index contributed by atoms with van der Waals surface area (Å²) < 4.78 is 10.5. The van der Waals surface area contributed by atoms with E-state index in [1.54, 1.807) is 12.1 Å². The molecule has 3 aromatic rings. The van der Waals surface area contributed by atoms with E-state index in [1.807, 2.05) is 18.3 Å². The number of cyclic esters (lactones) is 1. The van der Waals surface area contributed by atoms with Crippen LogP contribution in [0, 0.1) is 0 Å². The number of phenols is 1. The maximum atomic E-state index is 12.5. The van der Waals surface area contributed by atoms with Crippen molar-refractivity contribution in [3.05, 3.63) is 70.4 Å². The Bertz CT molecular complexity index is 1090. The summed E-state index contributed by atoms with van der Waals surface area (Å²) in [5.41, 5.74) is 5.84. The van der Waals surface area contributed by atoms with Crippen molar-refractivity contribution >= 4 is 16.9 Å². The number of aromatic nitrogens is 1. The molecule has 26 heavy (non-hydrogen) atoms. The van der Waals surface area contributed by atoms with Gasteiger partial charge in [-0.15, -0.1) is 0 Å². The fourth-order valence-electron chi connectivity index (χ4n) is 4.19. The van der Waals surface area contributed by atoms with Crippen molar-refractivity contribution in [2.75, 3.05) is 13.7 Å². The summed E-state index contributed by atoms with van der Waals surface area (Å²) in [6, 6.07) is 11.5. The van der Waals surface area contributed by atoms with Gasteiger partial charge in [-0.3, -0.25) is 0 Å². The lowest BCUT2D eigenvalue weighted by molar-refractivity contribution is -0.136. The Kier molecular flexibility index (Phi) is 3.13. The first-order valence-corrected chi connectivity index (χ1v) is 8.52. The summed E-state index contributed by atoms with van der Waals surface area (Å²) in [5, 5.41) is 11.4. The molecule has 5 heteroatoms. The maximum Gasteiger partial charge on any atom is 0.335 e. The van der Waals surface area contributed by atoms with Gasteiger partial charge in [-0.05, 0) is 52.3 Å². The van der Waals surface area contributed by atoms with Crippen LogP contribution in [0.4, 0.5) is 0 Å². The Morgan fingerprint density at radius 1 is 1.23 bits per heavy atom. The van der Waals surface area contributed by atoms with E-state index in [1.165, 1.54) is 12.7 Å². The molecule has 5 nitrogen and oxygen atoms in total. The lowest BCUT2D eigenvalue weighted by Crippen LogP contribution is -2.18. The molecule has 1 aromatic heterocycles. The van der Waals surface area contributed by atoms with Crippen LogP contribution in [0.5, 0.6) is 11.5 Å². The van der Waals surface area contributed by atoms with Gasteiger partial charge in [-0.25, -0.2) is 4.79 Å². The van der Waals surface area contributed by atoms with Gasteiger partial charge < -0.3 is 19.6 Å². The molecule has 0 bridgehead atoms. The molecule has 2 aliphatic rings. The van der Waals surface area contributed by atoms with Crippen molar-refractivity contribution in [3.63, 3.8) is 0 Å². The molecule has 1 unspecified atom stereocenters. The molecule has 0 spiro atoms. The highest BCUT2D eigenvalue weighted by Crippen LogP contribution is 2.47. The number of hydrogen-bond donors (Lipinski definition) is 2. The number of fused-ring (bicyclic) bond motifs is 3. The van der Waals surface area contributed by atoms with E-state index in [9.17, 15) is 9.90 Å². The molecule has 2 heterocycles. The van der Waals surface area contributed by atoms with Crippen molar-refractivity contribution < 1.29 is 19.4 Å². The monoisotopic (exact) mass is 347 g/mol. The Hall–Kier alpha value is -3.21. The minimum absolute atomic E-state index is 0.0595. The normalized spacial score (nSPS) is 18.7. The van der Waals surface area contributed by atoms with E-state index in [0.29, 0.717) is 24.4 Å². The van der Waals surface area contributed by atoms with Gasteiger partial charge in [0.1, 0.15) is 6.61 Å². The Morgan fingerprint density at radius 3 is 2.92 bits per heavy atom. The summed E-state index contributed by atoms with van der Waals surface area (Å²) in [4.78, 5) is 15.8. The molecule has 5 rings (SSSR count). The molecule has 2 aromatic carbocycles. The number of hydrogen-bond acceptors (Lipinski definition) is 4. The zero-order valence-corrected chi connectivity index (χ0v) is 14.2. The standard InChI is InChI=1S/C21H17NO4/c1-25-16-5-4-13(9-15(16)23)17-18-12(3-2-11-6-7-22-20(11)18)8-14-10-26-21(24)19(14)17/h2-7,9,17,22-23H,8,10H2,1H3. The van der Waals surface area contributed by atoms with E-state index in [-0.39, 0.29) is 17.6 Å². The number of carbonyl (C=O) groups excluding carboxylic acids is 1. The van der Waals surface area contributed by atoms with Gasteiger partial charge in [0.05, 0.1) is 12.7 Å². The van der Waals surface area contributed by atoms with Crippen molar-refractivity contribution in [2.24, 2.45) is 0 Å². The second-order valence-electron chi connectivity index (χ2n) is 6.71. The summed E-state index contributed by atoms with van der Waals surface area (Å²) in [5.74, 6) is -0.0761. The summed E-state index contributed by atoms with van der Waals surface area (Å²) >= 11 is 0. The van der Waals surface area contributed by atoms with Crippen LogP contribution in [-0.4, -0.2) is 29.8 Å².